The fourth-order valence-corrected chi connectivity index (χ4v) is 11.4. The summed E-state index contributed by atoms with van der Waals surface area (Å²) in [6.45, 7) is 0. The second-order valence-corrected chi connectivity index (χ2v) is 17.4. The summed E-state index contributed by atoms with van der Waals surface area (Å²) in [6.07, 6.45) is 0.817. The molecule has 0 radical (unpaired) electrons. The molecule has 0 saturated carbocycles. The molecule has 0 bridgehead atoms. The van der Waals surface area contributed by atoms with E-state index in [0.717, 1.165) is 73.2 Å². The molecule has 0 atom stereocenters. The fourth-order valence-electron chi connectivity index (χ4n) is 11.4. The van der Waals surface area contributed by atoms with Gasteiger partial charge in [-0.2, -0.15) is 0 Å². The Morgan fingerprint density at radius 3 is 1.70 bits per heavy atom. The number of hydrogen-bond donors (Lipinski definition) is 0. The second kappa shape index (κ2) is 13.4. The van der Waals surface area contributed by atoms with E-state index in [1.165, 1.54) is 61.2 Å². The van der Waals surface area contributed by atoms with Crippen molar-refractivity contribution in [2.75, 3.05) is 4.90 Å². The number of benzene rings is 10. The van der Waals surface area contributed by atoms with E-state index >= 15 is 0 Å². The van der Waals surface area contributed by atoms with Gasteiger partial charge in [-0.25, -0.2) is 0 Å². The Morgan fingerprint density at radius 1 is 0.406 bits per heavy atom. The Balaban J connectivity index is 1.01. The standard InChI is InChI=1S/C61H38N2O/c1-2-14-38(15-3-1)39-26-29-42(30-27-39)63(43-31-33-47-46-19-9-12-24-53(46)61(54(47)36-43)51-22-10-7-17-44(51)45-18-8-11-23-52(45)61)57-37-59-60(49-21-6-5-20-48(49)57)50-32-28-41(35-58(50)64-59)56-34-40-16-4-13-25-55(40)62-56/h1-33,35-37H,34H2. The van der Waals surface area contributed by atoms with E-state index in [1.807, 2.05) is 0 Å². The van der Waals surface area contributed by atoms with Crippen LogP contribution in [0.3, 0.4) is 0 Å². The minimum Gasteiger partial charge on any atom is -0.456 e. The van der Waals surface area contributed by atoms with Gasteiger partial charge in [-0.05, 0) is 109 Å². The predicted octanol–water partition coefficient (Wildman–Crippen LogP) is 15.9. The normalized spacial score (nSPS) is 13.8. The van der Waals surface area contributed by atoms with Gasteiger partial charge in [0, 0.05) is 45.6 Å². The molecule has 11 aromatic rings. The Bertz CT molecular complexity index is 3700. The van der Waals surface area contributed by atoms with Gasteiger partial charge < -0.3 is 9.32 Å². The van der Waals surface area contributed by atoms with Crippen LogP contribution in [0, 0.1) is 0 Å². The molecule has 1 aliphatic heterocycles. The largest absolute Gasteiger partial charge is 0.456 e. The van der Waals surface area contributed by atoms with Crippen LogP contribution < -0.4 is 4.90 Å². The molecule has 2 heterocycles. The van der Waals surface area contributed by atoms with E-state index in [-0.39, 0.29) is 0 Å². The Kier molecular flexibility index (Phi) is 7.38. The lowest BCUT2D eigenvalue weighted by molar-refractivity contribution is 0.669. The fraction of sp³-hybridized carbons (Fsp3) is 0.0328. The summed E-state index contributed by atoms with van der Waals surface area (Å²) < 4.78 is 6.97. The molecule has 3 nitrogen and oxygen atoms in total. The third-order valence-electron chi connectivity index (χ3n) is 14.1. The smallest absolute Gasteiger partial charge is 0.138 e. The molecule has 1 aromatic heterocycles. The van der Waals surface area contributed by atoms with Gasteiger partial charge in [0.1, 0.15) is 11.2 Å². The third-order valence-corrected chi connectivity index (χ3v) is 14.1. The number of hydrogen-bond acceptors (Lipinski definition) is 3. The van der Waals surface area contributed by atoms with Crippen molar-refractivity contribution in [2.24, 2.45) is 4.99 Å². The highest BCUT2D eigenvalue weighted by molar-refractivity contribution is 6.23. The number of para-hydroxylation sites is 1. The van der Waals surface area contributed by atoms with Crippen molar-refractivity contribution in [3.05, 3.63) is 252 Å². The molecule has 0 fully saturated rings. The molecule has 64 heavy (non-hydrogen) atoms. The summed E-state index contributed by atoms with van der Waals surface area (Å²) in [5.74, 6) is 0. The first-order chi connectivity index (χ1) is 31.7. The van der Waals surface area contributed by atoms with Gasteiger partial charge in [0.15, 0.2) is 0 Å². The summed E-state index contributed by atoms with van der Waals surface area (Å²) in [6, 6.07) is 80.0. The highest BCUT2D eigenvalue weighted by Crippen LogP contribution is 2.63. The Morgan fingerprint density at radius 2 is 0.984 bits per heavy atom. The SMILES string of the molecule is c1ccc(-c2ccc(N(c3ccc4c(c3)C3(c5ccccc5-c5ccccc53)c3ccccc3-4)c3cc4oc5cc(C6=Nc7ccccc7C6)ccc5c4c4ccccc34)cc2)cc1. The number of rotatable bonds is 5. The van der Waals surface area contributed by atoms with E-state index in [4.69, 9.17) is 9.41 Å². The molecule has 0 amide bonds. The molecule has 0 N–H and O–H groups in total. The minimum atomic E-state index is -0.467. The maximum absolute atomic E-state index is 6.97. The van der Waals surface area contributed by atoms with Gasteiger partial charge in [0.2, 0.25) is 0 Å². The number of anilines is 3. The number of furan rings is 1. The lowest BCUT2D eigenvalue weighted by Crippen LogP contribution is -2.26. The predicted molar refractivity (Wildman–Crippen MR) is 264 cm³/mol. The maximum Gasteiger partial charge on any atom is 0.138 e. The number of fused-ring (bicyclic) bond motifs is 16. The summed E-state index contributed by atoms with van der Waals surface area (Å²) in [5, 5.41) is 4.54. The molecule has 1 spiro atoms. The summed E-state index contributed by atoms with van der Waals surface area (Å²) in [4.78, 5) is 7.47. The Hall–Kier alpha value is -8.27. The summed E-state index contributed by atoms with van der Waals surface area (Å²) >= 11 is 0. The zero-order valence-corrected chi connectivity index (χ0v) is 34.8. The molecule has 0 unspecified atom stereocenters. The quantitative estimate of drug-likeness (QED) is 0.173. The molecule has 298 valence electrons. The third kappa shape index (κ3) is 4.89. The van der Waals surface area contributed by atoms with Gasteiger partial charge in [-0.1, -0.05) is 170 Å². The van der Waals surface area contributed by atoms with Gasteiger partial charge in [-0.15, -0.1) is 0 Å². The van der Waals surface area contributed by atoms with Crippen LogP contribution in [-0.4, -0.2) is 5.71 Å². The van der Waals surface area contributed by atoms with E-state index < -0.39 is 5.41 Å². The van der Waals surface area contributed by atoms with Crippen LogP contribution in [-0.2, 0) is 11.8 Å². The molecular formula is C61H38N2O. The van der Waals surface area contributed by atoms with Crippen LogP contribution >= 0.6 is 0 Å². The first kappa shape index (κ1) is 35.3. The summed E-state index contributed by atoms with van der Waals surface area (Å²) in [7, 11) is 0. The highest BCUT2D eigenvalue weighted by atomic mass is 16.3. The number of aliphatic imine (C=N–C) groups is 1. The average molecular weight is 815 g/mol. The van der Waals surface area contributed by atoms with Gasteiger partial charge >= 0.3 is 0 Å². The first-order valence-corrected chi connectivity index (χ1v) is 22.2. The van der Waals surface area contributed by atoms with Crippen molar-refractivity contribution in [1.29, 1.82) is 0 Å². The first-order valence-electron chi connectivity index (χ1n) is 22.2. The van der Waals surface area contributed by atoms with Crippen LogP contribution in [0.1, 0.15) is 33.4 Å². The van der Waals surface area contributed by atoms with Crippen LogP contribution in [0.2, 0.25) is 0 Å². The second-order valence-electron chi connectivity index (χ2n) is 17.4. The monoisotopic (exact) mass is 814 g/mol. The zero-order valence-electron chi connectivity index (χ0n) is 34.8. The van der Waals surface area contributed by atoms with E-state index in [1.54, 1.807) is 0 Å². The van der Waals surface area contributed by atoms with E-state index in [2.05, 4.69) is 223 Å². The van der Waals surface area contributed by atoms with Gasteiger partial charge in [-0.3, -0.25) is 4.99 Å². The van der Waals surface area contributed by atoms with Crippen LogP contribution in [0.4, 0.5) is 22.7 Å². The minimum absolute atomic E-state index is 0.467. The lowest BCUT2D eigenvalue weighted by Gasteiger charge is -2.32. The van der Waals surface area contributed by atoms with E-state index in [0.29, 0.717) is 0 Å². The van der Waals surface area contributed by atoms with Crippen molar-refractivity contribution in [1.82, 2.24) is 0 Å². The topological polar surface area (TPSA) is 28.7 Å². The van der Waals surface area contributed by atoms with Gasteiger partial charge in [0.05, 0.1) is 22.5 Å². The van der Waals surface area contributed by atoms with E-state index in [9.17, 15) is 0 Å². The molecule has 3 aliphatic rings. The molecule has 2 aliphatic carbocycles. The maximum atomic E-state index is 6.97. The molecular weight excluding hydrogens is 777 g/mol. The molecule has 0 saturated heterocycles. The Labute approximate surface area is 370 Å². The zero-order chi connectivity index (χ0) is 41.9. The average Bonchev–Trinajstić information content (AvgIpc) is 4.11. The number of nitrogens with zero attached hydrogens (tertiary/aromatic N) is 2. The van der Waals surface area contributed by atoms with Crippen LogP contribution in [0.25, 0.3) is 66.1 Å². The van der Waals surface area contributed by atoms with Crippen molar-refractivity contribution in [3.8, 4) is 33.4 Å². The molecule has 3 heteroatoms. The van der Waals surface area contributed by atoms with Crippen LogP contribution in [0.5, 0.6) is 0 Å². The van der Waals surface area contributed by atoms with Crippen molar-refractivity contribution >= 4 is 61.2 Å². The highest BCUT2D eigenvalue weighted by Gasteiger charge is 2.51. The lowest BCUT2D eigenvalue weighted by atomic mass is 9.70. The van der Waals surface area contributed by atoms with Gasteiger partial charge in [0.25, 0.3) is 0 Å². The summed E-state index contributed by atoms with van der Waals surface area (Å²) in [5.41, 5.74) is 21.8. The van der Waals surface area contributed by atoms with Crippen molar-refractivity contribution in [3.63, 3.8) is 0 Å². The van der Waals surface area contributed by atoms with Crippen LogP contribution in [0.15, 0.2) is 228 Å². The molecule has 14 rings (SSSR count). The van der Waals surface area contributed by atoms with Crippen molar-refractivity contribution in [2.45, 2.75) is 11.8 Å². The van der Waals surface area contributed by atoms with Crippen molar-refractivity contribution < 1.29 is 4.42 Å². The molecule has 10 aromatic carbocycles.